The molecule has 0 radical (unpaired) electrons. The van der Waals surface area contributed by atoms with Crippen molar-refractivity contribution in [1.82, 2.24) is 4.57 Å². The Morgan fingerprint density at radius 1 is 0.978 bits per heavy atom. The topological polar surface area (TPSA) is 81.9 Å². The molecule has 0 saturated carbocycles. The Bertz CT molecular complexity index is 2110. The number of hydrogen-bond donors (Lipinski definition) is 1. The smallest absolute Gasteiger partial charge is 0.271 e. The van der Waals surface area contributed by atoms with E-state index in [0.717, 1.165) is 17.7 Å². The average Bonchev–Trinajstić information content (AvgIpc) is 3.34. The Kier molecular flexibility index (Phi) is 8.39. The molecule has 5 aromatic rings. The van der Waals surface area contributed by atoms with E-state index in [0.29, 0.717) is 43.2 Å². The van der Waals surface area contributed by atoms with E-state index in [-0.39, 0.29) is 23.8 Å². The van der Waals surface area contributed by atoms with Crippen molar-refractivity contribution in [2.45, 2.75) is 19.6 Å². The maximum atomic E-state index is 14.2. The van der Waals surface area contributed by atoms with Gasteiger partial charge in [-0.25, -0.2) is 13.8 Å². The van der Waals surface area contributed by atoms with E-state index < -0.39 is 17.7 Å². The van der Waals surface area contributed by atoms with Crippen LogP contribution in [0.3, 0.4) is 0 Å². The zero-order valence-electron chi connectivity index (χ0n) is 24.3. The number of ether oxygens (including phenoxy) is 2. The van der Waals surface area contributed by atoms with Crippen LogP contribution in [0.1, 0.15) is 29.7 Å². The monoisotopic (exact) mass is 623 g/mol. The number of carbonyl (C=O) groups is 1. The molecule has 0 fully saturated rings. The fourth-order valence-electron chi connectivity index (χ4n) is 5.18. The van der Waals surface area contributed by atoms with Gasteiger partial charge >= 0.3 is 0 Å². The third-order valence-electron chi connectivity index (χ3n) is 7.29. The number of fused-ring (bicyclic) bond motifs is 1. The van der Waals surface area contributed by atoms with Crippen molar-refractivity contribution in [2.24, 2.45) is 4.99 Å². The highest BCUT2D eigenvalue weighted by molar-refractivity contribution is 7.07. The van der Waals surface area contributed by atoms with Crippen molar-refractivity contribution in [3.05, 3.63) is 156 Å². The zero-order valence-corrected chi connectivity index (χ0v) is 25.1. The fourth-order valence-corrected chi connectivity index (χ4v) is 6.23. The Morgan fingerprint density at radius 3 is 2.40 bits per heavy atom. The van der Waals surface area contributed by atoms with Gasteiger partial charge in [-0.1, -0.05) is 65.9 Å². The van der Waals surface area contributed by atoms with Crippen molar-refractivity contribution in [3.63, 3.8) is 0 Å². The van der Waals surface area contributed by atoms with Gasteiger partial charge in [0.15, 0.2) is 16.4 Å². The molecule has 0 aliphatic carbocycles. The SMILES string of the molecule is COc1ccc(/C=c2/sc3n(c2=O)[C@H](c2ccccc2)C(C(=O)Nc2ccccc2)=C(C)N=3)cc1COc1ccc(F)cc1F. The maximum absolute atomic E-state index is 14.2. The summed E-state index contributed by atoms with van der Waals surface area (Å²) in [4.78, 5) is 32.8. The van der Waals surface area contributed by atoms with Gasteiger partial charge in [0.2, 0.25) is 0 Å². The van der Waals surface area contributed by atoms with E-state index in [4.69, 9.17) is 9.47 Å². The fraction of sp³-hybridized carbons (Fsp3) is 0.114. The summed E-state index contributed by atoms with van der Waals surface area (Å²) in [6, 6.07) is 26.2. The third kappa shape index (κ3) is 6.18. The standard InChI is InChI=1S/C35H27F2N3O4S/c1-21-31(33(41)39-26-11-7-4-8-12-26)32(23-9-5-3-6-10-23)40-34(42)30(45-35(40)38-21)18-22-13-15-28(43-2)24(17-22)20-44-29-16-14-25(36)19-27(29)37/h3-19,32H,20H2,1-2H3,(H,39,41)/b30-18+/t32-/m1/s1. The van der Waals surface area contributed by atoms with Crippen molar-refractivity contribution < 1.29 is 23.0 Å². The molecule has 45 heavy (non-hydrogen) atoms. The van der Waals surface area contributed by atoms with Gasteiger partial charge < -0.3 is 14.8 Å². The quantitative estimate of drug-likeness (QED) is 0.239. The number of carbonyl (C=O) groups excluding carboxylic acids is 1. The first kappa shape index (κ1) is 29.7. The zero-order chi connectivity index (χ0) is 31.5. The molecule has 0 saturated heterocycles. The van der Waals surface area contributed by atoms with Gasteiger partial charge in [-0.3, -0.25) is 14.2 Å². The number of aromatic nitrogens is 1. The molecule has 2 heterocycles. The summed E-state index contributed by atoms with van der Waals surface area (Å²) >= 11 is 1.22. The number of halogens is 2. The lowest BCUT2D eigenvalue weighted by Gasteiger charge is -2.25. The van der Waals surface area contributed by atoms with Crippen molar-refractivity contribution >= 4 is 29.0 Å². The summed E-state index contributed by atoms with van der Waals surface area (Å²) in [7, 11) is 1.51. The molecule has 1 N–H and O–H groups in total. The van der Waals surface area contributed by atoms with E-state index in [1.54, 1.807) is 47.9 Å². The average molecular weight is 624 g/mol. The van der Waals surface area contributed by atoms with Gasteiger partial charge in [0, 0.05) is 17.3 Å². The van der Waals surface area contributed by atoms with Crippen molar-refractivity contribution in [1.29, 1.82) is 0 Å². The second-order valence-electron chi connectivity index (χ2n) is 10.2. The summed E-state index contributed by atoms with van der Waals surface area (Å²) in [6.45, 7) is 1.72. The van der Waals surface area contributed by atoms with Crippen LogP contribution in [0.2, 0.25) is 0 Å². The highest BCUT2D eigenvalue weighted by atomic mass is 32.1. The first-order chi connectivity index (χ1) is 21.8. The Balaban J connectivity index is 1.39. The summed E-state index contributed by atoms with van der Waals surface area (Å²) in [5, 5.41) is 2.94. The Morgan fingerprint density at radius 2 is 1.69 bits per heavy atom. The molecule has 1 aliphatic heterocycles. The number of thiazole rings is 1. The number of hydrogen-bond acceptors (Lipinski definition) is 6. The summed E-state index contributed by atoms with van der Waals surface area (Å²) in [5.74, 6) is -1.45. The molecular weight excluding hydrogens is 596 g/mol. The molecule has 6 rings (SSSR count). The second kappa shape index (κ2) is 12.7. The van der Waals surface area contributed by atoms with Gasteiger partial charge in [0.05, 0.1) is 29.0 Å². The molecule has 0 spiro atoms. The van der Waals surface area contributed by atoms with Crippen LogP contribution in [0.25, 0.3) is 6.08 Å². The molecule has 0 bridgehead atoms. The molecule has 1 amide bonds. The van der Waals surface area contributed by atoms with E-state index >= 15 is 0 Å². The number of allylic oxidation sites excluding steroid dienone is 1. The lowest BCUT2D eigenvalue weighted by molar-refractivity contribution is -0.113. The molecule has 1 aromatic heterocycles. The molecule has 1 atom stereocenters. The molecule has 4 aromatic carbocycles. The van der Waals surface area contributed by atoms with Crippen molar-refractivity contribution in [3.8, 4) is 11.5 Å². The number of para-hydroxylation sites is 1. The van der Waals surface area contributed by atoms with Gasteiger partial charge in [0.1, 0.15) is 18.2 Å². The van der Waals surface area contributed by atoms with E-state index in [1.165, 1.54) is 24.5 Å². The number of anilines is 1. The van der Waals surface area contributed by atoms with Gasteiger partial charge in [0.25, 0.3) is 11.5 Å². The Labute approximate surface area is 261 Å². The van der Waals surface area contributed by atoms with Gasteiger partial charge in [-0.2, -0.15) is 0 Å². The summed E-state index contributed by atoms with van der Waals surface area (Å²) in [6.07, 6.45) is 1.73. The van der Waals surface area contributed by atoms with Crippen LogP contribution in [0.5, 0.6) is 11.5 Å². The van der Waals surface area contributed by atoms with Crippen LogP contribution in [0.15, 0.2) is 118 Å². The maximum Gasteiger partial charge on any atom is 0.271 e. The largest absolute Gasteiger partial charge is 0.496 e. The summed E-state index contributed by atoms with van der Waals surface area (Å²) in [5.41, 5.74) is 3.27. The predicted octanol–water partition coefficient (Wildman–Crippen LogP) is 5.74. The molecular formula is C35H27F2N3O4S. The molecule has 0 unspecified atom stereocenters. The van der Waals surface area contributed by atoms with Crippen LogP contribution in [0.4, 0.5) is 14.5 Å². The lowest BCUT2D eigenvalue weighted by atomic mass is 9.95. The van der Waals surface area contributed by atoms with Crippen LogP contribution in [0, 0.1) is 11.6 Å². The van der Waals surface area contributed by atoms with Crippen LogP contribution in [-0.2, 0) is 11.4 Å². The molecule has 10 heteroatoms. The number of nitrogens with one attached hydrogen (secondary N) is 1. The minimum absolute atomic E-state index is 0.0538. The number of benzene rings is 4. The predicted molar refractivity (Wildman–Crippen MR) is 169 cm³/mol. The number of amides is 1. The molecule has 226 valence electrons. The van der Waals surface area contributed by atoms with E-state index in [9.17, 15) is 18.4 Å². The lowest BCUT2D eigenvalue weighted by Crippen LogP contribution is -2.40. The minimum Gasteiger partial charge on any atom is -0.496 e. The van der Waals surface area contributed by atoms with E-state index in [2.05, 4.69) is 10.3 Å². The first-order valence-corrected chi connectivity index (χ1v) is 14.8. The second-order valence-corrected chi connectivity index (χ2v) is 11.3. The highest BCUT2D eigenvalue weighted by Crippen LogP contribution is 2.31. The number of rotatable bonds is 8. The van der Waals surface area contributed by atoms with Crippen molar-refractivity contribution in [2.75, 3.05) is 12.4 Å². The van der Waals surface area contributed by atoms with Gasteiger partial charge in [-0.05, 0) is 60.5 Å². The van der Waals surface area contributed by atoms with Gasteiger partial charge in [-0.15, -0.1) is 0 Å². The number of methoxy groups -OCH3 is 1. The molecule has 7 nitrogen and oxygen atoms in total. The normalized spacial score (nSPS) is 14.5. The number of nitrogens with zero attached hydrogens (tertiary/aromatic N) is 2. The summed E-state index contributed by atoms with van der Waals surface area (Å²) < 4.78 is 40.5. The first-order valence-electron chi connectivity index (χ1n) is 14.0. The molecule has 1 aliphatic rings. The third-order valence-corrected chi connectivity index (χ3v) is 8.28. The van der Waals surface area contributed by atoms with E-state index in [1.807, 2.05) is 48.5 Å². The van der Waals surface area contributed by atoms with Crippen LogP contribution >= 0.6 is 11.3 Å². The highest BCUT2D eigenvalue weighted by Gasteiger charge is 2.32. The van der Waals surface area contributed by atoms with Crippen LogP contribution in [-0.4, -0.2) is 17.6 Å². The minimum atomic E-state index is -0.814. The Hall–Kier alpha value is -5.35. The van der Waals surface area contributed by atoms with Crippen LogP contribution < -0.4 is 29.7 Å².